The first kappa shape index (κ1) is 19.9. The normalized spacial score (nSPS) is 16.6. The second-order valence-corrected chi connectivity index (χ2v) is 7.55. The maximum atomic E-state index is 13.2. The van der Waals surface area contributed by atoms with Crippen LogP contribution in [-0.4, -0.2) is 22.7 Å². The van der Waals surface area contributed by atoms with Gasteiger partial charge in [-0.15, -0.1) is 0 Å². The SMILES string of the molecule is CCOC(=O)C1=C(O)C(=Cc2ccc(F)cc2)SC1=Nc1cccc2ccccc12. The first-order valence-electron chi connectivity index (χ1n) is 9.39. The summed E-state index contributed by atoms with van der Waals surface area (Å²) in [5.74, 6) is -1.17. The Morgan fingerprint density at radius 2 is 1.83 bits per heavy atom. The molecule has 1 N–H and O–H groups in total. The summed E-state index contributed by atoms with van der Waals surface area (Å²) in [5.41, 5.74) is 1.41. The molecule has 4 nitrogen and oxygen atoms in total. The number of benzene rings is 3. The molecule has 0 atom stereocenters. The molecule has 3 aromatic carbocycles. The van der Waals surface area contributed by atoms with E-state index in [0.29, 0.717) is 21.2 Å². The van der Waals surface area contributed by atoms with Crippen LogP contribution in [0, 0.1) is 5.82 Å². The maximum Gasteiger partial charge on any atom is 0.344 e. The van der Waals surface area contributed by atoms with Gasteiger partial charge >= 0.3 is 5.97 Å². The summed E-state index contributed by atoms with van der Waals surface area (Å²) in [7, 11) is 0. The third-order valence-corrected chi connectivity index (χ3v) is 5.55. The van der Waals surface area contributed by atoms with Crippen molar-refractivity contribution in [3.8, 4) is 0 Å². The van der Waals surface area contributed by atoms with Crippen molar-refractivity contribution in [2.75, 3.05) is 6.61 Å². The van der Waals surface area contributed by atoms with Crippen molar-refractivity contribution in [2.24, 2.45) is 4.99 Å². The van der Waals surface area contributed by atoms with Crippen LogP contribution in [0.25, 0.3) is 16.8 Å². The van der Waals surface area contributed by atoms with Crippen LogP contribution in [0.5, 0.6) is 0 Å². The van der Waals surface area contributed by atoms with Crippen LogP contribution < -0.4 is 0 Å². The van der Waals surface area contributed by atoms with Crippen molar-refractivity contribution in [3.05, 3.63) is 94.3 Å². The van der Waals surface area contributed by atoms with E-state index in [1.54, 1.807) is 25.1 Å². The van der Waals surface area contributed by atoms with Gasteiger partial charge < -0.3 is 9.84 Å². The van der Waals surface area contributed by atoms with Crippen LogP contribution in [0.15, 0.2) is 88.0 Å². The Hall–Kier alpha value is -3.38. The molecular formula is C24H18FNO3S. The topological polar surface area (TPSA) is 58.9 Å². The van der Waals surface area contributed by atoms with E-state index in [-0.39, 0.29) is 23.8 Å². The van der Waals surface area contributed by atoms with Crippen LogP contribution in [0.1, 0.15) is 12.5 Å². The van der Waals surface area contributed by atoms with Gasteiger partial charge in [0.1, 0.15) is 22.2 Å². The number of aliphatic imine (C=N–C) groups is 1. The third-order valence-electron chi connectivity index (χ3n) is 4.53. The van der Waals surface area contributed by atoms with Crippen molar-refractivity contribution < 1.29 is 19.0 Å². The van der Waals surface area contributed by atoms with Gasteiger partial charge in [0.2, 0.25) is 0 Å². The second kappa shape index (κ2) is 8.55. The van der Waals surface area contributed by atoms with Crippen LogP contribution in [0.3, 0.4) is 0 Å². The molecule has 150 valence electrons. The van der Waals surface area contributed by atoms with E-state index in [0.717, 1.165) is 10.8 Å². The average molecular weight is 419 g/mol. The van der Waals surface area contributed by atoms with E-state index >= 15 is 0 Å². The van der Waals surface area contributed by atoms with Gasteiger partial charge in [-0.2, -0.15) is 0 Å². The monoisotopic (exact) mass is 419 g/mol. The Kier molecular flexibility index (Phi) is 5.68. The summed E-state index contributed by atoms with van der Waals surface area (Å²) in [5, 5.41) is 13.1. The molecule has 0 aliphatic carbocycles. The fourth-order valence-electron chi connectivity index (χ4n) is 3.12. The number of hydrogen-bond acceptors (Lipinski definition) is 5. The number of carbonyl (C=O) groups is 1. The lowest BCUT2D eigenvalue weighted by molar-refractivity contribution is -0.138. The number of nitrogens with zero attached hydrogens (tertiary/aromatic N) is 1. The molecular weight excluding hydrogens is 401 g/mol. The molecule has 6 heteroatoms. The van der Waals surface area contributed by atoms with Gasteiger partial charge in [-0.25, -0.2) is 14.2 Å². The maximum absolute atomic E-state index is 13.2. The van der Waals surface area contributed by atoms with Crippen LogP contribution in [0.2, 0.25) is 0 Å². The van der Waals surface area contributed by atoms with Crippen LogP contribution >= 0.6 is 11.8 Å². The number of aliphatic hydroxyl groups excluding tert-OH is 1. The molecule has 0 saturated heterocycles. The molecule has 0 radical (unpaired) electrons. The van der Waals surface area contributed by atoms with Crippen molar-refractivity contribution in [3.63, 3.8) is 0 Å². The van der Waals surface area contributed by atoms with Gasteiger partial charge in [-0.3, -0.25) is 0 Å². The first-order valence-corrected chi connectivity index (χ1v) is 10.2. The molecule has 4 rings (SSSR count). The van der Waals surface area contributed by atoms with E-state index in [4.69, 9.17) is 4.74 Å². The predicted molar refractivity (Wildman–Crippen MR) is 119 cm³/mol. The fraction of sp³-hybridized carbons (Fsp3) is 0.0833. The highest BCUT2D eigenvalue weighted by Gasteiger charge is 2.33. The molecule has 0 amide bonds. The summed E-state index contributed by atoms with van der Waals surface area (Å²) in [6.07, 6.45) is 1.68. The van der Waals surface area contributed by atoms with Crippen LogP contribution in [0.4, 0.5) is 10.1 Å². The Labute approximate surface area is 177 Å². The van der Waals surface area contributed by atoms with Crippen LogP contribution in [-0.2, 0) is 9.53 Å². The molecule has 1 aliphatic heterocycles. The molecule has 0 aromatic heterocycles. The zero-order valence-electron chi connectivity index (χ0n) is 16.1. The smallest absolute Gasteiger partial charge is 0.344 e. The number of fused-ring (bicyclic) bond motifs is 1. The lowest BCUT2D eigenvalue weighted by Crippen LogP contribution is -2.12. The molecule has 0 unspecified atom stereocenters. The van der Waals surface area contributed by atoms with Gasteiger partial charge in [0.15, 0.2) is 0 Å². The van der Waals surface area contributed by atoms with Gasteiger partial charge in [0, 0.05) is 5.39 Å². The number of hydrogen-bond donors (Lipinski definition) is 1. The molecule has 0 saturated carbocycles. The molecule has 1 aliphatic rings. The highest BCUT2D eigenvalue weighted by Crippen LogP contribution is 2.41. The predicted octanol–water partition coefficient (Wildman–Crippen LogP) is 6.17. The second-order valence-electron chi connectivity index (χ2n) is 6.52. The van der Waals surface area contributed by atoms with E-state index in [9.17, 15) is 14.3 Å². The summed E-state index contributed by atoms with van der Waals surface area (Å²) in [4.78, 5) is 17.7. The first-order chi connectivity index (χ1) is 14.6. The largest absolute Gasteiger partial charge is 0.506 e. The number of ether oxygens (including phenoxy) is 1. The Balaban J connectivity index is 1.81. The standard InChI is InChI=1S/C24H18FNO3S/c1-2-29-24(28)21-22(27)20(14-15-10-12-17(25)13-11-15)30-23(21)26-19-9-5-7-16-6-3-4-8-18(16)19/h3-14,27H,2H2,1H3. The van der Waals surface area contributed by atoms with E-state index in [1.165, 1.54) is 23.9 Å². The highest BCUT2D eigenvalue weighted by atomic mass is 32.2. The summed E-state index contributed by atoms with van der Waals surface area (Å²) < 4.78 is 18.3. The highest BCUT2D eigenvalue weighted by molar-refractivity contribution is 8.18. The Bertz CT molecular complexity index is 1210. The molecule has 0 fully saturated rings. The van der Waals surface area contributed by atoms with Crippen molar-refractivity contribution in [1.82, 2.24) is 0 Å². The molecule has 0 spiro atoms. The van der Waals surface area contributed by atoms with E-state index in [2.05, 4.69) is 4.99 Å². The van der Waals surface area contributed by atoms with Gasteiger partial charge in [0.05, 0.1) is 17.2 Å². The van der Waals surface area contributed by atoms with Crippen molar-refractivity contribution >= 4 is 45.3 Å². The number of aliphatic hydroxyl groups is 1. The van der Waals surface area contributed by atoms with Gasteiger partial charge in [-0.1, -0.05) is 60.3 Å². The zero-order chi connectivity index (χ0) is 21.1. The Morgan fingerprint density at radius 1 is 1.10 bits per heavy atom. The summed E-state index contributed by atoms with van der Waals surface area (Å²) in [6, 6.07) is 19.4. The number of halogens is 1. The Morgan fingerprint density at radius 3 is 2.60 bits per heavy atom. The van der Waals surface area contributed by atoms with E-state index < -0.39 is 5.97 Å². The number of esters is 1. The quantitative estimate of drug-likeness (QED) is 0.514. The number of carbonyl (C=O) groups excluding carboxylic acids is 1. The minimum Gasteiger partial charge on any atom is -0.506 e. The average Bonchev–Trinajstić information content (AvgIpc) is 3.05. The minimum absolute atomic E-state index is 0.0307. The lowest BCUT2D eigenvalue weighted by atomic mass is 10.1. The zero-order valence-corrected chi connectivity index (χ0v) is 16.9. The molecule has 0 bridgehead atoms. The number of rotatable bonds is 4. The molecule has 30 heavy (non-hydrogen) atoms. The number of thioether (sulfide) groups is 1. The fourth-order valence-corrected chi connectivity index (χ4v) is 4.15. The van der Waals surface area contributed by atoms with Gasteiger partial charge in [-0.05, 0) is 42.1 Å². The summed E-state index contributed by atoms with van der Waals surface area (Å²) >= 11 is 1.18. The van der Waals surface area contributed by atoms with Gasteiger partial charge in [0.25, 0.3) is 0 Å². The molecule has 1 heterocycles. The van der Waals surface area contributed by atoms with E-state index in [1.807, 2.05) is 42.5 Å². The van der Waals surface area contributed by atoms with Crippen molar-refractivity contribution in [1.29, 1.82) is 0 Å². The minimum atomic E-state index is -0.635. The summed E-state index contributed by atoms with van der Waals surface area (Å²) in [6.45, 7) is 1.88. The lowest BCUT2D eigenvalue weighted by Gasteiger charge is -2.05. The van der Waals surface area contributed by atoms with Crippen molar-refractivity contribution in [2.45, 2.75) is 6.92 Å². The molecule has 3 aromatic rings. The third kappa shape index (κ3) is 4.00.